The van der Waals surface area contributed by atoms with Crippen LogP contribution in [0.4, 0.5) is 5.69 Å². The lowest BCUT2D eigenvalue weighted by atomic mass is 10.1. The highest BCUT2D eigenvalue weighted by Crippen LogP contribution is 2.34. The molecule has 0 unspecified atom stereocenters. The maximum atomic E-state index is 11.2. The molecule has 0 radical (unpaired) electrons. The van der Waals surface area contributed by atoms with Crippen molar-refractivity contribution in [1.82, 2.24) is 0 Å². The zero-order valence-electron chi connectivity index (χ0n) is 9.30. The summed E-state index contributed by atoms with van der Waals surface area (Å²) >= 11 is 0. The van der Waals surface area contributed by atoms with Crippen LogP contribution in [0, 0.1) is 10.1 Å². The number of nitrogens with zero attached hydrogens (tertiary/aromatic N) is 1. The second-order valence-electron chi connectivity index (χ2n) is 3.79. The van der Waals surface area contributed by atoms with E-state index in [0.717, 1.165) is 23.1 Å². The van der Waals surface area contributed by atoms with Crippen LogP contribution in [-0.4, -0.2) is 18.0 Å². The molecule has 5 heteroatoms. The molecule has 0 amide bonds. The van der Waals surface area contributed by atoms with Gasteiger partial charge in [0.25, 0.3) is 5.69 Å². The van der Waals surface area contributed by atoms with Crippen LogP contribution in [0.15, 0.2) is 24.3 Å². The molecule has 1 aliphatic rings. The van der Waals surface area contributed by atoms with E-state index in [-0.39, 0.29) is 5.69 Å². The smallest absolute Gasteiger partial charge is 0.330 e. The van der Waals surface area contributed by atoms with Crippen LogP contribution >= 0.6 is 0 Å². The van der Waals surface area contributed by atoms with E-state index in [1.54, 1.807) is 6.07 Å². The van der Waals surface area contributed by atoms with Crippen molar-refractivity contribution in [3.8, 4) is 0 Å². The number of fused-ring (bicyclic) bond motifs is 1. The predicted molar refractivity (Wildman–Crippen MR) is 61.4 cm³/mol. The molecule has 0 heterocycles. The monoisotopic (exact) mass is 233 g/mol. The summed E-state index contributed by atoms with van der Waals surface area (Å²) in [6.07, 6.45) is 2.91. The van der Waals surface area contributed by atoms with Gasteiger partial charge in [-0.3, -0.25) is 10.1 Å². The number of esters is 1. The second kappa shape index (κ2) is 4.37. The standard InChI is InChI=1S/C12H11NO4/c1-17-12(14)6-9-3-2-8-4-5-10(13(15)16)7-11(8)9/h4-7H,2-3H2,1H3/b9-6+. The third-order valence-electron chi connectivity index (χ3n) is 2.81. The normalized spacial score (nSPS) is 15.7. The Balaban J connectivity index is 2.42. The number of aryl methyl sites for hydroxylation is 1. The van der Waals surface area contributed by atoms with Crippen LogP contribution in [-0.2, 0) is 16.0 Å². The molecule has 0 aliphatic heterocycles. The molecule has 1 aliphatic carbocycles. The highest BCUT2D eigenvalue weighted by molar-refractivity contribution is 5.93. The van der Waals surface area contributed by atoms with E-state index in [1.165, 1.54) is 25.3 Å². The lowest BCUT2D eigenvalue weighted by molar-refractivity contribution is -0.384. The van der Waals surface area contributed by atoms with Gasteiger partial charge in [0.2, 0.25) is 0 Å². The van der Waals surface area contributed by atoms with Crippen molar-refractivity contribution in [1.29, 1.82) is 0 Å². The fraction of sp³-hybridized carbons (Fsp3) is 0.250. The first-order chi connectivity index (χ1) is 8.11. The van der Waals surface area contributed by atoms with Gasteiger partial charge in [-0.1, -0.05) is 6.07 Å². The molecular weight excluding hydrogens is 222 g/mol. The average molecular weight is 233 g/mol. The van der Waals surface area contributed by atoms with Crippen LogP contribution in [0.3, 0.4) is 0 Å². The van der Waals surface area contributed by atoms with Crippen LogP contribution < -0.4 is 0 Å². The van der Waals surface area contributed by atoms with Gasteiger partial charge in [-0.05, 0) is 29.5 Å². The van der Waals surface area contributed by atoms with E-state index < -0.39 is 10.9 Å². The quantitative estimate of drug-likeness (QED) is 0.339. The molecule has 0 fully saturated rings. The molecule has 0 spiro atoms. The molecule has 0 N–H and O–H groups in total. The van der Waals surface area contributed by atoms with Crippen molar-refractivity contribution in [2.45, 2.75) is 12.8 Å². The summed E-state index contributed by atoms with van der Waals surface area (Å²) in [6.45, 7) is 0. The van der Waals surface area contributed by atoms with Crippen LogP contribution in [0.2, 0.25) is 0 Å². The highest BCUT2D eigenvalue weighted by Gasteiger charge is 2.20. The zero-order valence-corrected chi connectivity index (χ0v) is 9.30. The third kappa shape index (κ3) is 2.18. The number of carbonyl (C=O) groups excluding carboxylic acids is 1. The first kappa shape index (κ1) is 11.3. The lowest BCUT2D eigenvalue weighted by Crippen LogP contribution is -1.96. The fourth-order valence-corrected chi connectivity index (χ4v) is 1.95. The van der Waals surface area contributed by atoms with Gasteiger partial charge in [0.1, 0.15) is 0 Å². The SMILES string of the molecule is COC(=O)/C=C1\CCc2ccc([N+](=O)[O-])cc21. The van der Waals surface area contributed by atoms with Gasteiger partial charge in [-0.25, -0.2) is 4.79 Å². The Labute approximate surface area is 97.9 Å². The van der Waals surface area contributed by atoms with Crippen molar-refractivity contribution in [2.75, 3.05) is 7.11 Å². The van der Waals surface area contributed by atoms with Gasteiger partial charge in [0.15, 0.2) is 0 Å². The zero-order chi connectivity index (χ0) is 12.4. The number of benzene rings is 1. The van der Waals surface area contributed by atoms with E-state index >= 15 is 0 Å². The summed E-state index contributed by atoms with van der Waals surface area (Å²) in [4.78, 5) is 21.4. The molecule has 0 saturated carbocycles. The summed E-state index contributed by atoms with van der Waals surface area (Å²) in [5, 5.41) is 10.7. The van der Waals surface area contributed by atoms with Gasteiger partial charge in [-0.15, -0.1) is 0 Å². The Morgan fingerprint density at radius 1 is 1.47 bits per heavy atom. The minimum Gasteiger partial charge on any atom is -0.466 e. The largest absolute Gasteiger partial charge is 0.466 e. The van der Waals surface area contributed by atoms with Gasteiger partial charge >= 0.3 is 5.97 Å². The molecule has 0 atom stereocenters. The van der Waals surface area contributed by atoms with Crippen molar-refractivity contribution in [3.05, 3.63) is 45.5 Å². The average Bonchev–Trinajstić information content (AvgIpc) is 2.71. The summed E-state index contributed by atoms with van der Waals surface area (Å²) < 4.78 is 4.56. The molecule has 1 aromatic rings. The molecule has 0 bridgehead atoms. The number of carbonyl (C=O) groups is 1. The third-order valence-corrected chi connectivity index (χ3v) is 2.81. The number of non-ortho nitro benzene ring substituents is 1. The number of methoxy groups -OCH3 is 1. The highest BCUT2D eigenvalue weighted by atomic mass is 16.6. The van der Waals surface area contributed by atoms with E-state index in [9.17, 15) is 14.9 Å². The number of nitro groups is 1. The number of hydrogen-bond acceptors (Lipinski definition) is 4. The molecule has 5 nitrogen and oxygen atoms in total. The van der Waals surface area contributed by atoms with E-state index in [4.69, 9.17) is 0 Å². The topological polar surface area (TPSA) is 69.4 Å². The Bertz CT molecular complexity index is 519. The van der Waals surface area contributed by atoms with Gasteiger partial charge in [0, 0.05) is 18.2 Å². The number of hydrogen-bond donors (Lipinski definition) is 0. The van der Waals surface area contributed by atoms with Gasteiger partial charge < -0.3 is 4.74 Å². The van der Waals surface area contributed by atoms with E-state index in [2.05, 4.69) is 4.74 Å². The summed E-state index contributed by atoms with van der Waals surface area (Å²) in [5.41, 5.74) is 2.66. The minimum absolute atomic E-state index is 0.0430. The van der Waals surface area contributed by atoms with Gasteiger partial charge in [0.05, 0.1) is 12.0 Å². The Morgan fingerprint density at radius 2 is 2.24 bits per heavy atom. The summed E-state index contributed by atoms with van der Waals surface area (Å²) in [5.74, 6) is -0.431. The number of nitro benzene ring substituents is 1. The molecule has 0 saturated heterocycles. The van der Waals surface area contributed by atoms with E-state index in [1.807, 2.05) is 0 Å². The first-order valence-electron chi connectivity index (χ1n) is 5.18. The number of rotatable bonds is 2. The van der Waals surface area contributed by atoms with Crippen molar-refractivity contribution in [3.63, 3.8) is 0 Å². The number of ether oxygens (including phenoxy) is 1. The predicted octanol–water partition coefficient (Wildman–Crippen LogP) is 2.10. The Hall–Kier alpha value is -2.17. The lowest BCUT2D eigenvalue weighted by Gasteiger charge is -2.00. The molecule has 88 valence electrons. The molecule has 17 heavy (non-hydrogen) atoms. The van der Waals surface area contributed by atoms with Crippen LogP contribution in [0.1, 0.15) is 17.5 Å². The fourth-order valence-electron chi connectivity index (χ4n) is 1.95. The molecular formula is C12H11NO4. The summed E-state index contributed by atoms with van der Waals surface area (Å²) in [7, 11) is 1.31. The first-order valence-corrected chi connectivity index (χ1v) is 5.18. The van der Waals surface area contributed by atoms with Crippen LogP contribution in [0.5, 0.6) is 0 Å². The maximum Gasteiger partial charge on any atom is 0.330 e. The van der Waals surface area contributed by atoms with Crippen molar-refractivity contribution >= 4 is 17.2 Å². The summed E-state index contributed by atoms with van der Waals surface area (Å²) in [6, 6.07) is 4.74. The van der Waals surface area contributed by atoms with Crippen molar-refractivity contribution in [2.24, 2.45) is 0 Å². The maximum absolute atomic E-state index is 11.2. The Morgan fingerprint density at radius 3 is 2.88 bits per heavy atom. The van der Waals surface area contributed by atoms with Crippen molar-refractivity contribution < 1.29 is 14.5 Å². The molecule has 0 aromatic heterocycles. The Kier molecular flexibility index (Phi) is 2.91. The van der Waals surface area contributed by atoms with Gasteiger partial charge in [-0.2, -0.15) is 0 Å². The van der Waals surface area contributed by atoms with Crippen LogP contribution in [0.25, 0.3) is 5.57 Å². The molecule has 2 rings (SSSR count). The number of allylic oxidation sites excluding steroid dienone is 1. The molecule has 1 aromatic carbocycles. The second-order valence-corrected chi connectivity index (χ2v) is 3.79. The van der Waals surface area contributed by atoms with E-state index in [0.29, 0.717) is 6.42 Å². The minimum atomic E-state index is -0.436.